The molecule has 0 unspecified atom stereocenters. The summed E-state index contributed by atoms with van der Waals surface area (Å²) in [6.45, 7) is 13.3. The Kier molecular flexibility index (Phi) is 12.8. The Balaban J connectivity index is 0.000000246. The number of nitrogens with zero attached hydrogens (tertiary/aromatic N) is 3. The Morgan fingerprint density at radius 2 is 1.31 bits per heavy atom. The highest BCUT2D eigenvalue weighted by molar-refractivity contribution is 7.94. The number of halogens is 3. The molecule has 0 fully saturated rings. The molecule has 11 nitrogen and oxygen atoms in total. The summed E-state index contributed by atoms with van der Waals surface area (Å²) in [5, 5.41) is 10.5. The summed E-state index contributed by atoms with van der Waals surface area (Å²) in [7, 11) is -6.61. The van der Waals surface area contributed by atoms with Crippen LogP contribution in [-0.2, 0) is 41.7 Å². The van der Waals surface area contributed by atoms with E-state index in [1.54, 1.807) is 13.1 Å². The van der Waals surface area contributed by atoms with E-state index in [0.29, 0.717) is 21.7 Å². The minimum absolute atomic E-state index is 0.0488. The molecular formula is C38H42Cl2FN5O6S3. The summed E-state index contributed by atoms with van der Waals surface area (Å²) in [5.41, 5.74) is 2.19. The Morgan fingerprint density at radius 1 is 0.764 bits per heavy atom. The minimum atomic E-state index is -4.34. The van der Waals surface area contributed by atoms with Crippen molar-refractivity contribution in [2.75, 3.05) is 10.6 Å². The molecule has 3 aromatic carbocycles. The second-order valence-corrected chi connectivity index (χ2v) is 21.6. The lowest BCUT2D eigenvalue weighted by Gasteiger charge is -2.24. The molecule has 5 aromatic rings. The van der Waals surface area contributed by atoms with Crippen molar-refractivity contribution in [1.82, 2.24) is 14.8 Å². The maximum absolute atomic E-state index is 14.2. The molecule has 0 saturated carbocycles. The van der Waals surface area contributed by atoms with Crippen molar-refractivity contribution in [3.05, 3.63) is 105 Å². The lowest BCUT2D eigenvalue weighted by Crippen LogP contribution is -2.45. The molecule has 0 bridgehead atoms. The summed E-state index contributed by atoms with van der Waals surface area (Å²) >= 11 is 12.9. The van der Waals surface area contributed by atoms with Gasteiger partial charge in [-0.05, 0) is 77.1 Å². The van der Waals surface area contributed by atoms with Crippen LogP contribution in [0.3, 0.4) is 0 Å². The van der Waals surface area contributed by atoms with Gasteiger partial charge in [0.2, 0.25) is 11.8 Å². The number of thiazole rings is 1. The van der Waals surface area contributed by atoms with E-state index in [4.69, 9.17) is 23.2 Å². The molecule has 2 amide bonds. The largest absolute Gasteiger partial charge is 0.310 e. The van der Waals surface area contributed by atoms with E-state index in [9.17, 15) is 30.8 Å². The summed E-state index contributed by atoms with van der Waals surface area (Å²) < 4.78 is 63.8. The highest BCUT2D eigenvalue weighted by atomic mass is 35.5. The van der Waals surface area contributed by atoms with E-state index >= 15 is 0 Å². The number of hydrogen-bond acceptors (Lipinski definition) is 9. The fourth-order valence-corrected chi connectivity index (χ4v) is 9.21. The van der Waals surface area contributed by atoms with Crippen LogP contribution < -0.4 is 10.6 Å². The number of aryl methyl sites for hydroxylation is 2. The van der Waals surface area contributed by atoms with E-state index in [1.807, 2.05) is 58.0 Å². The molecule has 0 atom stereocenters. The average molecular weight is 851 g/mol. The van der Waals surface area contributed by atoms with E-state index < -0.39 is 51.7 Å². The Bertz CT molecular complexity index is 2440. The van der Waals surface area contributed by atoms with E-state index in [2.05, 4.69) is 20.7 Å². The van der Waals surface area contributed by atoms with Crippen molar-refractivity contribution in [3.63, 3.8) is 0 Å². The zero-order chi connectivity index (χ0) is 41.3. The van der Waals surface area contributed by atoms with Crippen LogP contribution in [0.5, 0.6) is 0 Å². The van der Waals surface area contributed by atoms with Gasteiger partial charge < -0.3 is 10.6 Å². The van der Waals surface area contributed by atoms with Gasteiger partial charge in [0.05, 0.1) is 16.3 Å². The van der Waals surface area contributed by atoms with Crippen LogP contribution in [0.4, 0.5) is 15.3 Å². The smallest absolute Gasteiger partial charge is 0.247 e. The van der Waals surface area contributed by atoms with Crippen LogP contribution >= 0.6 is 34.5 Å². The Morgan fingerprint density at radius 3 is 1.85 bits per heavy atom. The summed E-state index contributed by atoms with van der Waals surface area (Å²) in [6, 6.07) is 20.0. The average Bonchev–Trinajstić information content (AvgIpc) is 3.66. The minimum Gasteiger partial charge on any atom is -0.310 e. The molecule has 0 radical (unpaired) electrons. The number of carbonyl (C=O) groups excluding carboxylic acids is 2. The molecule has 0 spiro atoms. The monoisotopic (exact) mass is 849 g/mol. The van der Waals surface area contributed by atoms with E-state index in [-0.39, 0.29) is 15.3 Å². The highest BCUT2D eigenvalue weighted by Crippen LogP contribution is 2.34. The van der Waals surface area contributed by atoms with Gasteiger partial charge >= 0.3 is 0 Å². The first-order valence-electron chi connectivity index (χ1n) is 16.7. The number of benzene rings is 3. The third kappa shape index (κ3) is 9.29. The standard InChI is InChI=1S/C20H19ClFN3O3S.C18H23ClN2O3S2/c1-20(2,29(27,28)17-10-9-14(21)11-15(17)22)19(26)23-18-12-16(24-25(18)3)13-7-5-4-6-8-13;1-11-14(17(2,3)4)20-16(25-11)21-15(22)18(5,6)26(23,24)13-9-7-12(19)8-10-13/h4-12H,1-3H3,(H,23,26);7-10H,1-6H3,(H,20,21,22). The van der Waals surface area contributed by atoms with Crippen LogP contribution in [-0.4, -0.2) is 52.9 Å². The van der Waals surface area contributed by atoms with Crippen molar-refractivity contribution < 1.29 is 30.8 Å². The molecule has 2 aromatic heterocycles. The van der Waals surface area contributed by atoms with Crippen molar-refractivity contribution >= 4 is 77.0 Å². The first-order valence-corrected chi connectivity index (χ1v) is 21.2. The van der Waals surface area contributed by atoms with Gasteiger partial charge in [-0.15, -0.1) is 11.3 Å². The maximum Gasteiger partial charge on any atom is 0.247 e. The van der Waals surface area contributed by atoms with Crippen molar-refractivity contribution in [2.24, 2.45) is 7.05 Å². The number of rotatable bonds is 9. The number of nitrogens with one attached hydrogen (secondary N) is 2. The van der Waals surface area contributed by atoms with Gasteiger partial charge in [0.1, 0.15) is 26.0 Å². The zero-order valence-corrected chi connectivity index (χ0v) is 35.6. The summed E-state index contributed by atoms with van der Waals surface area (Å²) in [5.74, 6) is -2.13. The SMILES string of the molecule is Cc1sc(NC(=O)C(C)(C)S(=O)(=O)c2ccc(Cl)cc2)nc1C(C)(C)C.Cn1nc(-c2ccccc2)cc1NC(=O)C(C)(C)S(=O)(=O)c1ccc(Cl)cc1F. The summed E-state index contributed by atoms with van der Waals surface area (Å²) in [4.78, 5) is 30.5. The van der Waals surface area contributed by atoms with Crippen LogP contribution in [0.1, 0.15) is 59.0 Å². The predicted molar refractivity (Wildman–Crippen MR) is 217 cm³/mol. The molecule has 0 aliphatic heterocycles. The van der Waals surface area contributed by atoms with Crippen LogP contribution in [0.2, 0.25) is 10.0 Å². The molecule has 5 rings (SSSR count). The molecular weight excluding hydrogens is 809 g/mol. The highest BCUT2D eigenvalue weighted by Gasteiger charge is 2.45. The number of aromatic nitrogens is 3. The molecule has 55 heavy (non-hydrogen) atoms. The Hall–Kier alpha value is -4.15. The molecule has 17 heteroatoms. The van der Waals surface area contributed by atoms with Gasteiger partial charge in [-0.25, -0.2) is 26.2 Å². The number of sulfone groups is 2. The topological polar surface area (TPSA) is 157 Å². The maximum atomic E-state index is 14.2. The van der Waals surface area contributed by atoms with E-state index in [1.165, 1.54) is 74.0 Å². The fraction of sp³-hybridized carbons (Fsp3) is 0.316. The van der Waals surface area contributed by atoms with Gasteiger partial charge in [0, 0.05) is 39.0 Å². The van der Waals surface area contributed by atoms with Gasteiger partial charge in [-0.2, -0.15) is 5.10 Å². The number of carbonyl (C=O) groups is 2. The second-order valence-electron chi connectivity index (χ2n) is 14.5. The van der Waals surface area contributed by atoms with Gasteiger partial charge in [0.15, 0.2) is 24.8 Å². The fourth-order valence-electron chi connectivity index (χ4n) is 5.11. The normalized spacial score (nSPS) is 12.4. The Labute approximate surface area is 335 Å². The number of anilines is 2. The molecule has 294 valence electrons. The third-order valence-electron chi connectivity index (χ3n) is 8.66. The first kappa shape index (κ1) is 43.6. The molecule has 2 N–H and O–H groups in total. The third-order valence-corrected chi connectivity index (χ3v) is 14.9. The number of hydrogen-bond donors (Lipinski definition) is 2. The first-order chi connectivity index (χ1) is 25.3. The predicted octanol–water partition coefficient (Wildman–Crippen LogP) is 8.66. The molecule has 0 aliphatic rings. The van der Waals surface area contributed by atoms with E-state index in [0.717, 1.165) is 28.3 Å². The lowest BCUT2D eigenvalue weighted by molar-refractivity contribution is -0.118. The van der Waals surface area contributed by atoms with Gasteiger partial charge in [0.25, 0.3) is 0 Å². The van der Waals surface area contributed by atoms with Crippen LogP contribution in [0.25, 0.3) is 11.3 Å². The van der Waals surface area contributed by atoms with Crippen molar-refractivity contribution in [3.8, 4) is 11.3 Å². The molecule has 2 heterocycles. The number of amides is 2. The second kappa shape index (κ2) is 16.1. The van der Waals surface area contributed by atoms with Crippen molar-refractivity contribution in [1.29, 1.82) is 0 Å². The van der Waals surface area contributed by atoms with Gasteiger partial charge in [-0.1, -0.05) is 74.3 Å². The van der Waals surface area contributed by atoms with Crippen LogP contribution in [0.15, 0.2) is 88.7 Å². The van der Waals surface area contributed by atoms with Crippen LogP contribution in [0, 0.1) is 12.7 Å². The molecule has 0 saturated heterocycles. The van der Waals surface area contributed by atoms with Crippen molar-refractivity contribution in [2.45, 2.75) is 80.1 Å². The summed E-state index contributed by atoms with van der Waals surface area (Å²) in [6.07, 6.45) is 0. The quantitative estimate of drug-likeness (QED) is 0.149. The van der Waals surface area contributed by atoms with Gasteiger partial charge in [-0.3, -0.25) is 14.3 Å². The molecule has 0 aliphatic carbocycles. The lowest BCUT2D eigenvalue weighted by atomic mass is 9.92. The zero-order valence-electron chi connectivity index (χ0n) is 31.7.